The van der Waals surface area contributed by atoms with E-state index in [1.165, 1.54) is 26.4 Å². The Morgan fingerprint density at radius 2 is 1.81 bits per heavy atom. The molecule has 0 spiro atoms. The summed E-state index contributed by atoms with van der Waals surface area (Å²) in [6, 6.07) is 3.83. The van der Waals surface area contributed by atoms with Crippen molar-refractivity contribution < 1.29 is 19.0 Å². The number of halogens is 2. The third-order valence-corrected chi connectivity index (χ3v) is 3.14. The zero-order valence-electron chi connectivity index (χ0n) is 11.3. The summed E-state index contributed by atoms with van der Waals surface area (Å²) in [5, 5.41) is 10.4. The van der Waals surface area contributed by atoms with Gasteiger partial charge in [-0.2, -0.15) is 9.97 Å². The highest BCUT2D eigenvalue weighted by atomic mass is 35.5. The number of aliphatic hydroxyl groups excluding tert-OH is 1. The van der Waals surface area contributed by atoms with Crippen molar-refractivity contribution in [3.63, 3.8) is 0 Å². The zero-order chi connectivity index (χ0) is 15.6. The molecule has 21 heavy (non-hydrogen) atoms. The van der Waals surface area contributed by atoms with Crippen LogP contribution < -0.4 is 15.2 Å². The van der Waals surface area contributed by atoms with Crippen molar-refractivity contribution in [2.75, 3.05) is 20.0 Å². The van der Waals surface area contributed by atoms with E-state index in [0.29, 0.717) is 0 Å². The van der Waals surface area contributed by atoms with Gasteiger partial charge in [0.1, 0.15) is 11.9 Å². The number of anilines is 1. The molecular formula is C13H13ClFN3O3. The van der Waals surface area contributed by atoms with Gasteiger partial charge in [-0.05, 0) is 12.1 Å². The molecule has 1 heterocycles. The molecule has 0 radical (unpaired) electrons. The molecule has 0 saturated carbocycles. The van der Waals surface area contributed by atoms with E-state index in [1.807, 2.05) is 0 Å². The van der Waals surface area contributed by atoms with Crippen LogP contribution in [-0.4, -0.2) is 29.3 Å². The van der Waals surface area contributed by atoms with Crippen molar-refractivity contribution in [1.82, 2.24) is 9.97 Å². The molecule has 6 nitrogen and oxygen atoms in total. The van der Waals surface area contributed by atoms with Crippen molar-refractivity contribution in [1.29, 1.82) is 0 Å². The van der Waals surface area contributed by atoms with Crippen LogP contribution in [0.15, 0.2) is 18.2 Å². The highest BCUT2D eigenvalue weighted by Crippen LogP contribution is 2.33. The van der Waals surface area contributed by atoms with Gasteiger partial charge in [-0.1, -0.05) is 11.6 Å². The highest BCUT2D eigenvalue weighted by molar-refractivity contribution is 6.33. The number of nitrogens with zero attached hydrogens (tertiary/aromatic N) is 2. The third-order valence-electron chi connectivity index (χ3n) is 2.81. The number of methoxy groups -OCH3 is 2. The fraction of sp³-hybridized carbons (Fsp3) is 0.231. The Morgan fingerprint density at radius 3 is 2.33 bits per heavy atom. The SMILES string of the molecule is COc1cc(OC)nc(C(O)c2c(F)ccc(Cl)c2N)n1. The first-order chi connectivity index (χ1) is 9.97. The van der Waals surface area contributed by atoms with Gasteiger partial charge in [0.05, 0.1) is 31.0 Å². The molecule has 0 amide bonds. The van der Waals surface area contributed by atoms with Crippen LogP contribution in [0.3, 0.4) is 0 Å². The fourth-order valence-corrected chi connectivity index (χ4v) is 1.91. The lowest BCUT2D eigenvalue weighted by Crippen LogP contribution is -2.11. The predicted molar refractivity (Wildman–Crippen MR) is 75.0 cm³/mol. The average Bonchev–Trinajstić information content (AvgIpc) is 2.50. The number of rotatable bonds is 4. The number of hydrogen-bond acceptors (Lipinski definition) is 6. The van der Waals surface area contributed by atoms with E-state index < -0.39 is 11.9 Å². The molecule has 0 aliphatic heterocycles. The van der Waals surface area contributed by atoms with Crippen molar-refractivity contribution in [2.45, 2.75) is 6.10 Å². The topological polar surface area (TPSA) is 90.5 Å². The molecule has 1 unspecified atom stereocenters. The fourth-order valence-electron chi connectivity index (χ4n) is 1.74. The third kappa shape index (κ3) is 2.98. The van der Waals surface area contributed by atoms with Gasteiger partial charge < -0.3 is 20.3 Å². The van der Waals surface area contributed by atoms with E-state index >= 15 is 0 Å². The summed E-state index contributed by atoms with van der Waals surface area (Å²) in [4.78, 5) is 7.92. The molecule has 8 heteroatoms. The zero-order valence-corrected chi connectivity index (χ0v) is 12.1. The summed E-state index contributed by atoms with van der Waals surface area (Å²) in [5.41, 5.74) is 5.44. The molecule has 2 aromatic rings. The van der Waals surface area contributed by atoms with Crippen LogP contribution in [0, 0.1) is 5.82 Å². The molecule has 0 aliphatic carbocycles. The number of ether oxygens (including phenoxy) is 2. The summed E-state index contributed by atoms with van der Waals surface area (Å²) in [6.45, 7) is 0. The summed E-state index contributed by atoms with van der Waals surface area (Å²) < 4.78 is 23.9. The monoisotopic (exact) mass is 313 g/mol. The second kappa shape index (κ2) is 6.11. The number of aromatic nitrogens is 2. The molecule has 0 fully saturated rings. The van der Waals surface area contributed by atoms with Crippen LogP contribution in [-0.2, 0) is 0 Å². The molecule has 3 N–H and O–H groups in total. The largest absolute Gasteiger partial charge is 0.481 e. The Balaban J connectivity index is 2.54. The molecule has 0 aliphatic rings. The first-order valence-electron chi connectivity index (χ1n) is 5.86. The van der Waals surface area contributed by atoms with Gasteiger partial charge in [0, 0.05) is 5.56 Å². The maximum atomic E-state index is 13.9. The van der Waals surface area contributed by atoms with Crippen molar-refractivity contribution >= 4 is 17.3 Å². The van der Waals surface area contributed by atoms with Crippen molar-refractivity contribution in [2.24, 2.45) is 0 Å². The lowest BCUT2D eigenvalue weighted by molar-refractivity contribution is 0.201. The van der Waals surface area contributed by atoms with E-state index in [1.54, 1.807) is 0 Å². The van der Waals surface area contributed by atoms with Crippen LogP contribution in [0.5, 0.6) is 11.8 Å². The minimum atomic E-state index is -1.51. The van der Waals surface area contributed by atoms with Gasteiger partial charge in [-0.25, -0.2) is 4.39 Å². The van der Waals surface area contributed by atoms with Gasteiger partial charge in [-0.15, -0.1) is 0 Å². The minimum absolute atomic E-state index is 0.0745. The number of benzene rings is 1. The molecule has 112 valence electrons. The lowest BCUT2D eigenvalue weighted by Gasteiger charge is -2.15. The van der Waals surface area contributed by atoms with E-state index in [0.717, 1.165) is 6.07 Å². The normalized spacial score (nSPS) is 12.0. The smallest absolute Gasteiger partial charge is 0.220 e. The second-order valence-electron chi connectivity index (χ2n) is 4.07. The second-order valence-corrected chi connectivity index (χ2v) is 4.48. The first kappa shape index (κ1) is 15.3. The number of nitrogens with two attached hydrogens (primary N) is 1. The van der Waals surface area contributed by atoms with E-state index in [2.05, 4.69) is 9.97 Å². The van der Waals surface area contributed by atoms with Crippen LogP contribution in [0.2, 0.25) is 5.02 Å². The van der Waals surface area contributed by atoms with Crippen LogP contribution in [0.4, 0.5) is 10.1 Å². The molecular weight excluding hydrogens is 301 g/mol. The Kier molecular flexibility index (Phi) is 4.44. The number of nitrogen functional groups attached to an aromatic ring is 1. The molecule has 1 aromatic carbocycles. The van der Waals surface area contributed by atoms with Crippen LogP contribution in [0.1, 0.15) is 17.5 Å². The minimum Gasteiger partial charge on any atom is -0.481 e. The molecule has 2 rings (SSSR count). The molecule has 1 atom stereocenters. The summed E-state index contributed by atoms with van der Waals surface area (Å²) in [5.74, 6) is -0.498. The summed E-state index contributed by atoms with van der Waals surface area (Å²) in [7, 11) is 2.79. The maximum absolute atomic E-state index is 13.9. The Morgan fingerprint density at radius 1 is 1.24 bits per heavy atom. The Hall–Kier alpha value is -2.12. The summed E-state index contributed by atoms with van der Waals surface area (Å²) >= 11 is 5.84. The standard InChI is InChI=1S/C13H13ClFN3O3/c1-20-8-5-9(21-2)18-13(17-8)12(19)10-7(15)4-3-6(14)11(10)16/h3-5,12,19H,16H2,1-2H3. The van der Waals surface area contributed by atoms with Gasteiger partial charge in [0.25, 0.3) is 0 Å². The number of aliphatic hydroxyl groups is 1. The first-order valence-corrected chi connectivity index (χ1v) is 6.24. The van der Waals surface area contributed by atoms with Gasteiger partial charge >= 0.3 is 0 Å². The highest BCUT2D eigenvalue weighted by Gasteiger charge is 2.23. The quantitative estimate of drug-likeness (QED) is 0.838. The molecule has 0 saturated heterocycles. The van der Waals surface area contributed by atoms with Gasteiger partial charge in [-0.3, -0.25) is 0 Å². The van der Waals surface area contributed by atoms with Crippen LogP contribution in [0.25, 0.3) is 0 Å². The Bertz CT molecular complexity index is 647. The summed E-state index contributed by atoms with van der Waals surface area (Å²) in [6.07, 6.45) is -1.51. The molecule has 1 aromatic heterocycles. The number of hydrogen-bond donors (Lipinski definition) is 2. The van der Waals surface area contributed by atoms with Gasteiger partial charge in [0.2, 0.25) is 11.8 Å². The Labute approximate surface area is 125 Å². The van der Waals surface area contributed by atoms with Crippen LogP contribution >= 0.6 is 11.6 Å². The van der Waals surface area contributed by atoms with E-state index in [-0.39, 0.29) is 33.9 Å². The molecule has 0 bridgehead atoms. The van der Waals surface area contributed by atoms with Crippen molar-refractivity contribution in [3.8, 4) is 11.8 Å². The van der Waals surface area contributed by atoms with Gasteiger partial charge in [0.15, 0.2) is 5.82 Å². The average molecular weight is 314 g/mol. The predicted octanol–water partition coefficient (Wildman–Crippen LogP) is 1.95. The van der Waals surface area contributed by atoms with Crippen molar-refractivity contribution in [3.05, 3.63) is 40.4 Å². The lowest BCUT2D eigenvalue weighted by atomic mass is 10.1. The maximum Gasteiger partial charge on any atom is 0.220 e. The van der Waals surface area contributed by atoms with E-state index in [4.69, 9.17) is 26.8 Å². The van der Waals surface area contributed by atoms with E-state index in [9.17, 15) is 9.50 Å².